The fourth-order valence-electron chi connectivity index (χ4n) is 3.70. The molecule has 1 saturated carbocycles. The van der Waals surface area contributed by atoms with Crippen LogP contribution in [0.4, 0.5) is 0 Å². The van der Waals surface area contributed by atoms with Crippen molar-refractivity contribution in [2.75, 3.05) is 13.1 Å². The van der Waals surface area contributed by atoms with E-state index in [9.17, 15) is 4.79 Å². The molecule has 1 aliphatic carbocycles. The Labute approximate surface area is 138 Å². The summed E-state index contributed by atoms with van der Waals surface area (Å²) in [6.45, 7) is 2.82. The Kier molecular flexibility index (Phi) is 5.37. The van der Waals surface area contributed by atoms with E-state index in [1.807, 2.05) is 18.2 Å². The average molecular weight is 321 g/mol. The molecule has 22 heavy (non-hydrogen) atoms. The second-order valence-corrected chi connectivity index (χ2v) is 7.13. The number of piperidine rings is 1. The molecule has 4 heteroatoms. The lowest BCUT2D eigenvalue weighted by Crippen LogP contribution is -2.45. The number of benzene rings is 1. The first-order valence-corrected chi connectivity index (χ1v) is 8.86. The van der Waals surface area contributed by atoms with E-state index in [0.717, 1.165) is 50.3 Å². The fraction of sp³-hybridized carbons (Fsp3) is 0.611. The van der Waals surface area contributed by atoms with Crippen LogP contribution in [0, 0.1) is 5.92 Å². The Balaban J connectivity index is 1.53. The van der Waals surface area contributed by atoms with Gasteiger partial charge in [-0.3, -0.25) is 9.69 Å². The summed E-state index contributed by atoms with van der Waals surface area (Å²) in [6, 6.07) is 8.44. The van der Waals surface area contributed by atoms with Gasteiger partial charge in [0.1, 0.15) is 0 Å². The van der Waals surface area contributed by atoms with Gasteiger partial charge in [-0.2, -0.15) is 0 Å². The minimum Gasteiger partial charge on any atom is -0.353 e. The molecule has 120 valence electrons. The van der Waals surface area contributed by atoms with Crippen LogP contribution in [0.5, 0.6) is 0 Å². The van der Waals surface area contributed by atoms with Gasteiger partial charge >= 0.3 is 0 Å². The van der Waals surface area contributed by atoms with Gasteiger partial charge in [0.2, 0.25) is 5.91 Å². The van der Waals surface area contributed by atoms with E-state index in [0.29, 0.717) is 6.04 Å². The monoisotopic (exact) mass is 320 g/mol. The molecule has 1 saturated heterocycles. The molecule has 0 aromatic heterocycles. The topological polar surface area (TPSA) is 32.3 Å². The molecule has 1 unspecified atom stereocenters. The zero-order valence-electron chi connectivity index (χ0n) is 13.1. The standard InChI is InChI=1S/C18H25ClN2O/c19-16-7-3-5-14(11-16)12-21-10-4-6-15(13-21)18(22)20-17-8-1-2-9-17/h3,5,7,11,15,17H,1-2,4,6,8-10,12-13H2,(H,20,22). The predicted molar refractivity (Wildman–Crippen MR) is 89.9 cm³/mol. The minimum absolute atomic E-state index is 0.147. The van der Waals surface area contributed by atoms with E-state index in [-0.39, 0.29) is 11.8 Å². The molecule has 2 fully saturated rings. The number of carbonyl (C=O) groups excluding carboxylic acids is 1. The lowest BCUT2D eigenvalue weighted by atomic mass is 9.96. The maximum atomic E-state index is 12.4. The van der Waals surface area contributed by atoms with Crippen LogP contribution in [0.1, 0.15) is 44.1 Å². The molecule has 3 nitrogen and oxygen atoms in total. The number of nitrogens with zero attached hydrogens (tertiary/aromatic N) is 1. The van der Waals surface area contributed by atoms with E-state index < -0.39 is 0 Å². The van der Waals surface area contributed by atoms with Crippen molar-refractivity contribution >= 4 is 17.5 Å². The van der Waals surface area contributed by atoms with E-state index in [1.165, 1.54) is 18.4 Å². The average Bonchev–Trinajstić information content (AvgIpc) is 3.00. The summed E-state index contributed by atoms with van der Waals surface area (Å²) >= 11 is 6.05. The highest BCUT2D eigenvalue weighted by Crippen LogP contribution is 2.22. The Morgan fingerprint density at radius 1 is 1.23 bits per heavy atom. The second kappa shape index (κ2) is 7.47. The number of likely N-dealkylation sites (tertiary alicyclic amines) is 1. The quantitative estimate of drug-likeness (QED) is 0.919. The van der Waals surface area contributed by atoms with Crippen LogP contribution in [-0.4, -0.2) is 29.9 Å². The largest absolute Gasteiger partial charge is 0.353 e. The molecular formula is C18H25ClN2O. The number of rotatable bonds is 4. The van der Waals surface area contributed by atoms with Gasteiger partial charge in [0.15, 0.2) is 0 Å². The zero-order valence-corrected chi connectivity index (χ0v) is 13.8. The molecule has 1 aromatic carbocycles. The molecule has 0 bridgehead atoms. The number of halogens is 1. The molecule has 2 aliphatic rings. The highest BCUT2D eigenvalue weighted by Gasteiger charge is 2.28. The molecule has 0 spiro atoms. The van der Waals surface area contributed by atoms with Gasteiger partial charge in [-0.05, 0) is 49.9 Å². The summed E-state index contributed by atoms with van der Waals surface area (Å²) in [5.74, 6) is 0.413. The second-order valence-electron chi connectivity index (χ2n) is 6.69. The molecule has 1 atom stereocenters. The van der Waals surface area contributed by atoms with Crippen LogP contribution in [0.25, 0.3) is 0 Å². The van der Waals surface area contributed by atoms with Gasteiger partial charge in [-0.25, -0.2) is 0 Å². The molecule has 1 N–H and O–H groups in total. The van der Waals surface area contributed by atoms with Gasteiger partial charge in [0, 0.05) is 24.2 Å². The van der Waals surface area contributed by atoms with E-state index in [1.54, 1.807) is 0 Å². The van der Waals surface area contributed by atoms with Crippen molar-refractivity contribution in [3.05, 3.63) is 34.9 Å². The number of nitrogens with one attached hydrogen (secondary N) is 1. The van der Waals surface area contributed by atoms with Crippen molar-refractivity contribution in [2.45, 2.75) is 51.1 Å². The van der Waals surface area contributed by atoms with Crippen molar-refractivity contribution in [2.24, 2.45) is 5.92 Å². The Hall–Kier alpha value is -1.06. The summed E-state index contributed by atoms with van der Waals surface area (Å²) in [7, 11) is 0. The number of carbonyl (C=O) groups is 1. The van der Waals surface area contributed by atoms with E-state index >= 15 is 0 Å². The van der Waals surface area contributed by atoms with Crippen molar-refractivity contribution in [3.63, 3.8) is 0 Å². The van der Waals surface area contributed by atoms with Crippen LogP contribution in [-0.2, 0) is 11.3 Å². The highest BCUT2D eigenvalue weighted by atomic mass is 35.5. The first-order chi connectivity index (χ1) is 10.7. The van der Waals surface area contributed by atoms with Gasteiger partial charge in [-0.1, -0.05) is 36.6 Å². The molecule has 1 aromatic rings. The Bertz CT molecular complexity index is 514. The molecule has 1 aliphatic heterocycles. The molecule has 0 radical (unpaired) electrons. The van der Waals surface area contributed by atoms with Crippen molar-refractivity contribution in [3.8, 4) is 0 Å². The molecule has 1 heterocycles. The first-order valence-electron chi connectivity index (χ1n) is 8.48. The third-order valence-corrected chi connectivity index (χ3v) is 5.11. The van der Waals surface area contributed by atoms with E-state index in [4.69, 9.17) is 11.6 Å². The van der Waals surface area contributed by atoms with Gasteiger partial charge in [0.05, 0.1) is 5.92 Å². The maximum Gasteiger partial charge on any atom is 0.224 e. The number of hydrogen-bond acceptors (Lipinski definition) is 2. The van der Waals surface area contributed by atoms with Crippen molar-refractivity contribution in [1.29, 1.82) is 0 Å². The predicted octanol–water partition coefficient (Wildman–Crippen LogP) is 3.61. The summed E-state index contributed by atoms with van der Waals surface area (Å²) < 4.78 is 0. The minimum atomic E-state index is 0.147. The number of hydrogen-bond donors (Lipinski definition) is 1. The Morgan fingerprint density at radius 3 is 2.82 bits per heavy atom. The highest BCUT2D eigenvalue weighted by molar-refractivity contribution is 6.30. The lowest BCUT2D eigenvalue weighted by Gasteiger charge is -2.32. The lowest BCUT2D eigenvalue weighted by molar-refractivity contribution is -0.127. The third kappa shape index (κ3) is 4.23. The smallest absolute Gasteiger partial charge is 0.224 e. The van der Waals surface area contributed by atoms with Crippen LogP contribution in [0.15, 0.2) is 24.3 Å². The first kappa shape index (κ1) is 15.8. The maximum absolute atomic E-state index is 12.4. The van der Waals surface area contributed by atoms with Gasteiger partial charge < -0.3 is 5.32 Å². The van der Waals surface area contributed by atoms with Crippen LogP contribution >= 0.6 is 11.6 Å². The zero-order chi connectivity index (χ0) is 15.4. The molecular weight excluding hydrogens is 296 g/mol. The van der Waals surface area contributed by atoms with Gasteiger partial charge in [0.25, 0.3) is 0 Å². The SMILES string of the molecule is O=C(NC1CCCC1)C1CCCN(Cc2cccc(Cl)c2)C1. The molecule has 1 amide bonds. The fourth-order valence-corrected chi connectivity index (χ4v) is 3.91. The number of amides is 1. The van der Waals surface area contributed by atoms with Crippen molar-refractivity contribution in [1.82, 2.24) is 10.2 Å². The van der Waals surface area contributed by atoms with Crippen LogP contribution < -0.4 is 5.32 Å². The van der Waals surface area contributed by atoms with Crippen molar-refractivity contribution < 1.29 is 4.79 Å². The summed E-state index contributed by atoms with van der Waals surface area (Å²) in [5, 5.41) is 4.04. The van der Waals surface area contributed by atoms with Crippen LogP contribution in [0.3, 0.4) is 0 Å². The Morgan fingerprint density at radius 2 is 2.05 bits per heavy atom. The summed E-state index contributed by atoms with van der Waals surface area (Å²) in [4.78, 5) is 14.8. The van der Waals surface area contributed by atoms with Gasteiger partial charge in [-0.15, -0.1) is 0 Å². The van der Waals surface area contributed by atoms with Crippen LogP contribution in [0.2, 0.25) is 5.02 Å². The summed E-state index contributed by atoms with van der Waals surface area (Å²) in [6.07, 6.45) is 6.95. The molecule has 3 rings (SSSR count). The third-order valence-electron chi connectivity index (χ3n) is 4.87. The normalized spacial score (nSPS) is 23.6. The van der Waals surface area contributed by atoms with E-state index in [2.05, 4.69) is 16.3 Å². The summed E-state index contributed by atoms with van der Waals surface area (Å²) in [5.41, 5.74) is 1.23.